The number of hydrogen-bond donors (Lipinski definition) is 1. The van der Waals surface area contributed by atoms with Crippen molar-refractivity contribution in [3.05, 3.63) is 47.6 Å². The monoisotopic (exact) mass is 260 g/mol. The number of nitrogens with zero attached hydrogens (tertiary/aromatic N) is 2. The van der Waals surface area contributed by atoms with E-state index in [2.05, 4.69) is 24.0 Å². The van der Waals surface area contributed by atoms with Crippen molar-refractivity contribution < 1.29 is 9.63 Å². The van der Waals surface area contributed by atoms with Crippen molar-refractivity contribution in [3.63, 3.8) is 0 Å². The molecule has 0 spiro atoms. The Hall–Kier alpha value is -1.68. The van der Waals surface area contributed by atoms with E-state index in [1.54, 1.807) is 0 Å². The van der Waals surface area contributed by atoms with E-state index in [9.17, 15) is 5.11 Å². The van der Waals surface area contributed by atoms with Gasteiger partial charge in [0.15, 0.2) is 5.82 Å². The van der Waals surface area contributed by atoms with Crippen molar-refractivity contribution >= 4 is 0 Å². The SMILES string of the molecule is CC(C)CCc1noc(CC(O)c2ccccc2)n1. The van der Waals surface area contributed by atoms with Crippen LogP contribution in [0.1, 0.15) is 43.7 Å². The van der Waals surface area contributed by atoms with Gasteiger partial charge in [-0.1, -0.05) is 49.3 Å². The highest BCUT2D eigenvalue weighted by Gasteiger charge is 2.13. The highest BCUT2D eigenvalue weighted by Crippen LogP contribution is 2.17. The third kappa shape index (κ3) is 4.17. The van der Waals surface area contributed by atoms with Gasteiger partial charge in [-0.2, -0.15) is 4.98 Å². The molecule has 0 aliphatic heterocycles. The zero-order valence-electron chi connectivity index (χ0n) is 11.4. The number of aromatic nitrogens is 2. The fraction of sp³-hybridized carbons (Fsp3) is 0.467. The Balaban J connectivity index is 1.93. The minimum atomic E-state index is -0.598. The average Bonchev–Trinajstić information content (AvgIpc) is 2.85. The van der Waals surface area contributed by atoms with Crippen LogP contribution in [0.2, 0.25) is 0 Å². The second kappa shape index (κ2) is 6.48. The first-order chi connectivity index (χ1) is 9.15. The molecule has 102 valence electrons. The number of rotatable bonds is 6. The molecule has 1 aromatic carbocycles. The summed E-state index contributed by atoms with van der Waals surface area (Å²) >= 11 is 0. The summed E-state index contributed by atoms with van der Waals surface area (Å²) in [6.45, 7) is 4.33. The maximum absolute atomic E-state index is 10.1. The molecular weight excluding hydrogens is 240 g/mol. The summed E-state index contributed by atoms with van der Waals surface area (Å²) in [5.74, 6) is 1.84. The standard InChI is InChI=1S/C15H20N2O2/c1-11(2)8-9-14-16-15(19-17-14)10-13(18)12-6-4-3-5-7-12/h3-7,11,13,18H,8-10H2,1-2H3. The molecule has 1 N–H and O–H groups in total. The third-order valence-corrected chi connectivity index (χ3v) is 3.01. The summed E-state index contributed by atoms with van der Waals surface area (Å²) in [4.78, 5) is 4.31. The zero-order valence-corrected chi connectivity index (χ0v) is 11.4. The summed E-state index contributed by atoms with van der Waals surface area (Å²) in [6.07, 6.45) is 1.63. The predicted octanol–water partition coefficient (Wildman–Crippen LogP) is 2.93. The Bertz CT molecular complexity index is 494. The molecule has 2 aromatic rings. The number of benzene rings is 1. The van der Waals surface area contributed by atoms with Gasteiger partial charge in [0, 0.05) is 6.42 Å². The second-order valence-electron chi connectivity index (χ2n) is 5.17. The first kappa shape index (κ1) is 13.7. The number of aliphatic hydroxyl groups excluding tert-OH is 1. The van der Waals surface area contributed by atoms with E-state index < -0.39 is 6.10 Å². The summed E-state index contributed by atoms with van der Waals surface area (Å²) in [7, 11) is 0. The quantitative estimate of drug-likeness (QED) is 0.867. The van der Waals surface area contributed by atoms with Crippen LogP contribution in [0, 0.1) is 5.92 Å². The molecule has 0 radical (unpaired) electrons. The Morgan fingerprint density at radius 3 is 2.63 bits per heavy atom. The van der Waals surface area contributed by atoms with E-state index >= 15 is 0 Å². The van der Waals surface area contributed by atoms with Crippen LogP contribution >= 0.6 is 0 Å². The van der Waals surface area contributed by atoms with Crippen molar-refractivity contribution in [2.45, 2.75) is 39.2 Å². The van der Waals surface area contributed by atoms with Crippen LogP contribution in [-0.2, 0) is 12.8 Å². The second-order valence-corrected chi connectivity index (χ2v) is 5.17. The fourth-order valence-electron chi connectivity index (χ4n) is 1.85. The van der Waals surface area contributed by atoms with Crippen LogP contribution in [0.3, 0.4) is 0 Å². The topological polar surface area (TPSA) is 59.2 Å². The maximum Gasteiger partial charge on any atom is 0.229 e. The van der Waals surface area contributed by atoms with Gasteiger partial charge >= 0.3 is 0 Å². The lowest BCUT2D eigenvalue weighted by atomic mass is 10.1. The largest absolute Gasteiger partial charge is 0.388 e. The van der Waals surface area contributed by atoms with Crippen molar-refractivity contribution in [2.75, 3.05) is 0 Å². The van der Waals surface area contributed by atoms with E-state index in [1.807, 2.05) is 30.3 Å². The van der Waals surface area contributed by atoms with E-state index in [1.165, 1.54) is 0 Å². The van der Waals surface area contributed by atoms with E-state index in [0.29, 0.717) is 18.2 Å². The molecule has 1 heterocycles. The van der Waals surface area contributed by atoms with Crippen molar-refractivity contribution in [1.82, 2.24) is 10.1 Å². The van der Waals surface area contributed by atoms with Gasteiger partial charge in [0.1, 0.15) is 0 Å². The van der Waals surface area contributed by atoms with Gasteiger partial charge < -0.3 is 9.63 Å². The molecule has 19 heavy (non-hydrogen) atoms. The smallest absolute Gasteiger partial charge is 0.229 e. The van der Waals surface area contributed by atoms with E-state index in [0.717, 1.165) is 24.2 Å². The predicted molar refractivity (Wildman–Crippen MR) is 72.6 cm³/mol. The molecule has 0 aliphatic carbocycles. The lowest BCUT2D eigenvalue weighted by Crippen LogP contribution is -2.02. The Morgan fingerprint density at radius 1 is 1.21 bits per heavy atom. The number of aliphatic hydroxyl groups is 1. The minimum absolute atomic E-state index is 0.360. The molecular formula is C15H20N2O2. The van der Waals surface area contributed by atoms with Crippen LogP contribution < -0.4 is 0 Å². The Labute approximate surface area is 113 Å². The minimum Gasteiger partial charge on any atom is -0.388 e. The van der Waals surface area contributed by atoms with Crippen molar-refractivity contribution in [3.8, 4) is 0 Å². The number of hydrogen-bond acceptors (Lipinski definition) is 4. The lowest BCUT2D eigenvalue weighted by Gasteiger charge is -2.07. The van der Waals surface area contributed by atoms with Gasteiger partial charge in [-0.3, -0.25) is 0 Å². The van der Waals surface area contributed by atoms with E-state index in [-0.39, 0.29) is 0 Å². The molecule has 1 aromatic heterocycles. The number of aryl methyl sites for hydroxylation is 1. The lowest BCUT2D eigenvalue weighted by molar-refractivity contribution is 0.164. The van der Waals surface area contributed by atoms with Gasteiger partial charge in [0.05, 0.1) is 12.5 Å². The van der Waals surface area contributed by atoms with Crippen LogP contribution in [-0.4, -0.2) is 15.2 Å². The fourth-order valence-corrected chi connectivity index (χ4v) is 1.85. The van der Waals surface area contributed by atoms with E-state index in [4.69, 9.17) is 4.52 Å². The molecule has 0 amide bonds. The summed E-state index contributed by atoms with van der Waals surface area (Å²) < 4.78 is 5.17. The molecule has 0 fully saturated rings. The highest BCUT2D eigenvalue weighted by atomic mass is 16.5. The molecule has 0 aliphatic rings. The summed E-state index contributed by atoms with van der Waals surface area (Å²) in [5.41, 5.74) is 0.865. The molecule has 0 bridgehead atoms. The first-order valence-corrected chi connectivity index (χ1v) is 6.69. The average molecular weight is 260 g/mol. The maximum atomic E-state index is 10.1. The molecule has 4 heteroatoms. The third-order valence-electron chi connectivity index (χ3n) is 3.01. The van der Waals surface area contributed by atoms with Crippen molar-refractivity contribution in [2.24, 2.45) is 5.92 Å². The van der Waals surface area contributed by atoms with Gasteiger partial charge in [-0.15, -0.1) is 0 Å². The molecule has 0 saturated heterocycles. The molecule has 4 nitrogen and oxygen atoms in total. The highest BCUT2D eigenvalue weighted by molar-refractivity contribution is 5.18. The molecule has 0 saturated carbocycles. The normalized spacial score (nSPS) is 12.8. The molecule has 1 atom stereocenters. The van der Waals surface area contributed by atoms with Crippen LogP contribution in [0.15, 0.2) is 34.9 Å². The Morgan fingerprint density at radius 2 is 1.95 bits per heavy atom. The van der Waals surface area contributed by atoms with Crippen LogP contribution in [0.5, 0.6) is 0 Å². The molecule has 2 rings (SSSR count). The van der Waals surface area contributed by atoms with Crippen molar-refractivity contribution in [1.29, 1.82) is 0 Å². The first-order valence-electron chi connectivity index (χ1n) is 6.69. The summed E-state index contributed by atoms with van der Waals surface area (Å²) in [5, 5.41) is 14.0. The van der Waals surface area contributed by atoms with Crippen LogP contribution in [0.4, 0.5) is 0 Å². The van der Waals surface area contributed by atoms with Crippen LogP contribution in [0.25, 0.3) is 0 Å². The summed E-state index contributed by atoms with van der Waals surface area (Å²) in [6, 6.07) is 9.51. The molecule has 1 unspecified atom stereocenters. The van der Waals surface area contributed by atoms with Gasteiger partial charge in [-0.05, 0) is 17.9 Å². The van der Waals surface area contributed by atoms with Gasteiger partial charge in [0.2, 0.25) is 5.89 Å². The Kier molecular flexibility index (Phi) is 4.68. The van der Waals surface area contributed by atoms with Gasteiger partial charge in [-0.25, -0.2) is 0 Å². The zero-order chi connectivity index (χ0) is 13.7. The van der Waals surface area contributed by atoms with Gasteiger partial charge in [0.25, 0.3) is 0 Å².